The monoisotopic (exact) mass is 400 g/mol. The lowest BCUT2D eigenvalue weighted by molar-refractivity contribution is -0.123. The Morgan fingerprint density at radius 1 is 1.17 bits per heavy atom. The van der Waals surface area contributed by atoms with Gasteiger partial charge in [0.05, 0.1) is 19.8 Å². The first-order valence-electron chi connectivity index (χ1n) is 10.6. The first kappa shape index (κ1) is 20.3. The summed E-state index contributed by atoms with van der Waals surface area (Å²) in [5.41, 5.74) is 0.841. The quantitative estimate of drug-likeness (QED) is 0.784. The zero-order valence-corrected chi connectivity index (χ0v) is 17.5. The predicted molar refractivity (Wildman–Crippen MR) is 111 cm³/mol. The summed E-state index contributed by atoms with van der Waals surface area (Å²) in [6, 6.07) is 5.97. The zero-order valence-electron chi connectivity index (χ0n) is 17.5. The molecule has 1 N–H and O–H groups in total. The standard InChI is InChI=1S/C21H32N6O2/c1-21(2,26-11-13-29-14-12-26)16-22-19(28)15-25-9-6-17(7-10-25)20-24-23-18-5-3-4-8-27(18)20/h3-5,8,17H,6-7,9-16H2,1-2H3,(H,22,28). The van der Waals surface area contributed by atoms with Crippen LogP contribution in [0.15, 0.2) is 24.4 Å². The molecule has 0 radical (unpaired) electrons. The number of rotatable bonds is 6. The van der Waals surface area contributed by atoms with Gasteiger partial charge in [0.2, 0.25) is 5.91 Å². The molecule has 158 valence electrons. The molecule has 2 aliphatic rings. The minimum absolute atomic E-state index is 0.0544. The highest BCUT2D eigenvalue weighted by molar-refractivity contribution is 5.78. The van der Waals surface area contributed by atoms with Crippen LogP contribution in [-0.2, 0) is 9.53 Å². The van der Waals surface area contributed by atoms with Crippen molar-refractivity contribution >= 4 is 11.6 Å². The average molecular weight is 401 g/mol. The van der Waals surface area contributed by atoms with Gasteiger partial charge in [-0.2, -0.15) is 0 Å². The van der Waals surface area contributed by atoms with E-state index in [4.69, 9.17) is 4.74 Å². The molecule has 0 spiro atoms. The summed E-state index contributed by atoms with van der Waals surface area (Å²) in [4.78, 5) is 17.1. The Morgan fingerprint density at radius 2 is 1.93 bits per heavy atom. The van der Waals surface area contributed by atoms with E-state index >= 15 is 0 Å². The van der Waals surface area contributed by atoms with Gasteiger partial charge in [-0.05, 0) is 51.9 Å². The third-order valence-electron chi connectivity index (χ3n) is 6.25. The van der Waals surface area contributed by atoms with Gasteiger partial charge in [-0.1, -0.05) is 6.07 Å². The number of fused-ring (bicyclic) bond motifs is 1. The molecule has 0 aliphatic carbocycles. The van der Waals surface area contributed by atoms with Gasteiger partial charge in [-0.15, -0.1) is 10.2 Å². The van der Waals surface area contributed by atoms with Crippen molar-refractivity contribution in [2.24, 2.45) is 0 Å². The van der Waals surface area contributed by atoms with E-state index in [0.717, 1.165) is 63.7 Å². The van der Waals surface area contributed by atoms with Crippen LogP contribution in [-0.4, -0.2) is 88.3 Å². The molecule has 1 amide bonds. The number of carbonyl (C=O) groups is 1. The van der Waals surface area contributed by atoms with Crippen LogP contribution in [0, 0.1) is 0 Å². The van der Waals surface area contributed by atoms with Gasteiger partial charge >= 0.3 is 0 Å². The third-order valence-corrected chi connectivity index (χ3v) is 6.25. The Balaban J connectivity index is 1.23. The van der Waals surface area contributed by atoms with E-state index in [1.54, 1.807) is 0 Å². The van der Waals surface area contributed by atoms with Crippen LogP contribution in [0.2, 0.25) is 0 Å². The number of amides is 1. The molecule has 0 unspecified atom stereocenters. The number of morpholine rings is 1. The second-order valence-corrected chi connectivity index (χ2v) is 8.73. The second-order valence-electron chi connectivity index (χ2n) is 8.73. The Hall–Kier alpha value is -2.03. The van der Waals surface area contributed by atoms with Crippen molar-refractivity contribution in [3.05, 3.63) is 30.2 Å². The molecule has 4 heterocycles. The van der Waals surface area contributed by atoms with Crippen LogP contribution < -0.4 is 5.32 Å². The van der Waals surface area contributed by atoms with Crippen LogP contribution in [0.5, 0.6) is 0 Å². The largest absolute Gasteiger partial charge is 0.379 e. The van der Waals surface area contributed by atoms with Crippen molar-refractivity contribution in [1.29, 1.82) is 0 Å². The average Bonchev–Trinajstić information content (AvgIpc) is 3.18. The molecule has 2 aromatic rings. The number of nitrogens with one attached hydrogen (secondary N) is 1. The van der Waals surface area contributed by atoms with E-state index in [0.29, 0.717) is 19.0 Å². The van der Waals surface area contributed by atoms with E-state index in [-0.39, 0.29) is 11.4 Å². The highest BCUT2D eigenvalue weighted by Gasteiger charge is 2.29. The molecule has 2 aliphatic heterocycles. The molecule has 8 nitrogen and oxygen atoms in total. The normalized spacial score (nSPS) is 20.2. The Kier molecular flexibility index (Phi) is 6.12. The fourth-order valence-electron chi connectivity index (χ4n) is 4.34. The summed E-state index contributed by atoms with van der Waals surface area (Å²) >= 11 is 0. The number of carbonyl (C=O) groups excluding carboxylic acids is 1. The lowest BCUT2D eigenvalue weighted by atomic mass is 9.96. The fraction of sp³-hybridized carbons (Fsp3) is 0.667. The molecule has 8 heteroatoms. The van der Waals surface area contributed by atoms with Crippen LogP contribution in [0.25, 0.3) is 5.65 Å². The topological polar surface area (TPSA) is 75.0 Å². The van der Waals surface area contributed by atoms with Gasteiger partial charge in [-0.3, -0.25) is 19.0 Å². The molecule has 0 bridgehead atoms. The van der Waals surface area contributed by atoms with E-state index in [1.807, 2.05) is 24.4 Å². The van der Waals surface area contributed by atoms with E-state index < -0.39 is 0 Å². The summed E-state index contributed by atoms with van der Waals surface area (Å²) in [5.74, 6) is 1.54. The number of likely N-dealkylation sites (tertiary alicyclic amines) is 1. The van der Waals surface area contributed by atoms with Crippen LogP contribution in [0.1, 0.15) is 38.4 Å². The van der Waals surface area contributed by atoms with E-state index in [9.17, 15) is 4.79 Å². The number of aromatic nitrogens is 3. The first-order valence-corrected chi connectivity index (χ1v) is 10.6. The lowest BCUT2D eigenvalue weighted by Gasteiger charge is -2.41. The van der Waals surface area contributed by atoms with Crippen molar-refractivity contribution in [3.63, 3.8) is 0 Å². The van der Waals surface area contributed by atoms with E-state index in [2.05, 4.69) is 43.6 Å². The minimum Gasteiger partial charge on any atom is -0.379 e. The summed E-state index contributed by atoms with van der Waals surface area (Å²) in [5, 5.41) is 11.8. The Bertz CT molecular complexity index is 821. The van der Waals surface area contributed by atoms with E-state index in [1.165, 1.54) is 0 Å². The molecule has 2 saturated heterocycles. The first-order chi connectivity index (χ1) is 14.0. The number of hydrogen-bond donors (Lipinski definition) is 1. The lowest BCUT2D eigenvalue weighted by Crippen LogP contribution is -2.56. The number of nitrogens with zero attached hydrogens (tertiary/aromatic N) is 5. The second kappa shape index (κ2) is 8.77. The molecular weight excluding hydrogens is 368 g/mol. The van der Waals surface area contributed by atoms with Crippen molar-refractivity contribution in [3.8, 4) is 0 Å². The molecule has 0 saturated carbocycles. The number of ether oxygens (including phenoxy) is 1. The summed E-state index contributed by atoms with van der Waals surface area (Å²) in [7, 11) is 0. The maximum atomic E-state index is 12.5. The van der Waals surface area contributed by atoms with Crippen molar-refractivity contribution in [2.75, 3.05) is 52.5 Å². The Labute approximate surface area is 172 Å². The summed E-state index contributed by atoms with van der Waals surface area (Å²) in [6.45, 7) is 10.7. The van der Waals surface area contributed by atoms with Gasteiger partial charge in [-0.25, -0.2) is 0 Å². The smallest absolute Gasteiger partial charge is 0.234 e. The van der Waals surface area contributed by atoms with Gasteiger partial charge < -0.3 is 10.1 Å². The summed E-state index contributed by atoms with van der Waals surface area (Å²) < 4.78 is 7.52. The molecule has 0 aromatic carbocycles. The predicted octanol–water partition coefficient (Wildman–Crippen LogP) is 1.14. The molecule has 0 atom stereocenters. The molecule has 2 aromatic heterocycles. The highest BCUT2D eigenvalue weighted by Crippen LogP contribution is 2.26. The van der Waals surface area contributed by atoms with Crippen molar-refractivity contribution < 1.29 is 9.53 Å². The maximum absolute atomic E-state index is 12.5. The van der Waals surface area contributed by atoms with Crippen molar-refractivity contribution in [2.45, 2.75) is 38.1 Å². The minimum atomic E-state index is -0.0544. The number of piperidine rings is 1. The van der Waals surface area contributed by atoms with Gasteiger partial charge in [0.1, 0.15) is 5.82 Å². The fourth-order valence-corrected chi connectivity index (χ4v) is 4.34. The third kappa shape index (κ3) is 4.76. The highest BCUT2D eigenvalue weighted by atomic mass is 16.5. The molecule has 4 rings (SSSR count). The van der Waals surface area contributed by atoms with Crippen LogP contribution in [0.3, 0.4) is 0 Å². The van der Waals surface area contributed by atoms with Crippen molar-refractivity contribution in [1.82, 2.24) is 29.7 Å². The Morgan fingerprint density at radius 3 is 2.69 bits per heavy atom. The summed E-state index contributed by atoms with van der Waals surface area (Å²) in [6.07, 6.45) is 4.03. The zero-order chi connectivity index (χ0) is 20.3. The maximum Gasteiger partial charge on any atom is 0.234 e. The van der Waals surface area contributed by atoms with Gasteiger partial charge in [0, 0.05) is 37.3 Å². The molecule has 2 fully saturated rings. The molecular formula is C21H32N6O2. The molecule has 29 heavy (non-hydrogen) atoms. The SMILES string of the molecule is CC(C)(CNC(=O)CN1CCC(c2nnc3ccccn23)CC1)N1CCOCC1. The van der Waals surface area contributed by atoms with Crippen LogP contribution in [0.4, 0.5) is 0 Å². The van der Waals surface area contributed by atoms with Gasteiger partial charge in [0.15, 0.2) is 5.65 Å². The van der Waals surface area contributed by atoms with Crippen LogP contribution >= 0.6 is 0 Å². The van der Waals surface area contributed by atoms with Gasteiger partial charge in [0.25, 0.3) is 0 Å². The number of pyridine rings is 1. The number of hydrogen-bond acceptors (Lipinski definition) is 6.